The molecule has 1 aromatic carbocycles. The number of fused-ring (bicyclic) bond motifs is 1. The van der Waals surface area contributed by atoms with Crippen LogP contribution in [0.1, 0.15) is 31.7 Å². The van der Waals surface area contributed by atoms with Crippen LogP contribution >= 0.6 is 0 Å². The minimum atomic E-state index is 0.179. The fraction of sp³-hybridized carbons (Fsp3) is 0.500. The quantitative estimate of drug-likeness (QED) is 0.736. The molecular formula is C18H24N2O2. The van der Waals surface area contributed by atoms with E-state index in [0.717, 1.165) is 39.0 Å². The molecule has 0 radical (unpaired) electrons. The molecule has 4 nitrogen and oxygen atoms in total. The summed E-state index contributed by atoms with van der Waals surface area (Å²) in [7, 11) is 1.74. The maximum Gasteiger partial charge on any atom is 0.219 e. The van der Waals surface area contributed by atoms with E-state index >= 15 is 0 Å². The molecule has 1 aliphatic carbocycles. The first-order valence-electron chi connectivity index (χ1n) is 8.03. The summed E-state index contributed by atoms with van der Waals surface area (Å²) in [6.45, 7) is 4.11. The topological polar surface area (TPSA) is 34.5 Å². The van der Waals surface area contributed by atoms with Crippen LogP contribution in [0.5, 0.6) is 0 Å². The maximum atomic E-state index is 11.9. The molecule has 0 aliphatic heterocycles. The van der Waals surface area contributed by atoms with Crippen molar-refractivity contribution in [2.24, 2.45) is 0 Å². The van der Waals surface area contributed by atoms with Gasteiger partial charge in [-0.25, -0.2) is 0 Å². The van der Waals surface area contributed by atoms with Crippen LogP contribution in [0.25, 0.3) is 10.9 Å². The number of rotatable bonds is 7. The molecule has 1 amide bonds. The molecule has 0 bridgehead atoms. The molecule has 1 fully saturated rings. The minimum Gasteiger partial charge on any atom is -0.385 e. The Morgan fingerprint density at radius 2 is 2.14 bits per heavy atom. The third kappa shape index (κ3) is 3.17. The summed E-state index contributed by atoms with van der Waals surface area (Å²) < 4.78 is 7.44. The van der Waals surface area contributed by atoms with Crippen molar-refractivity contribution in [3.63, 3.8) is 0 Å². The standard InChI is InChI=1S/C18H24N2O2/c1-14(21)20(16-8-9-16)13-15-12-19(10-5-11-22-2)18-7-4-3-6-17(15)18/h3-4,6-7,12,16H,5,8-11,13H2,1-2H3. The van der Waals surface area contributed by atoms with Gasteiger partial charge in [0, 0.05) is 56.9 Å². The van der Waals surface area contributed by atoms with Crippen molar-refractivity contribution >= 4 is 16.8 Å². The molecule has 4 heteroatoms. The van der Waals surface area contributed by atoms with Crippen LogP contribution in [0.15, 0.2) is 30.5 Å². The monoisotopic (exact) mass is 300 g/mol. The largest absolute Gasteiger partial charge is 0.385 e. The van der Waals surface area contributed by atoms with Gasteiger partial charge < -0.3 is 14.2 Å². The van der Waals surface area contributed by atoms with E-state index in [2.05, 4.69) is 35.0 Å². The summed E-state index contributed by atoms with van der Waals surface area (Å²) in [6.07, 6.45) is 5.49. The first-order valence-corrected chi connectivity index (χ1v) is 8.03. The molecule has 2 aromatic rings. The summed E-state index contributed by atoms with van der Waals surface area (Å²) in [5.41, 5.74) is 2.49. The summed E-state index contributed by atoms with van der Waals surface area (Å²) in [6, 6.07) is 8.90. The van der Waals surface area contributed by atoms with E-state index in [0.29, 0.717) is 6.04 Å². The Hall–Kier alpha value is -1.81. The van der Waals surface area contributed by atoms with E-state index in [9.17, 15) is 4.79 Å². The zero-order valence-electron chi connectivity index (χ0n) is 13.4. The predicted octanol–water partition coefficient (Wildman–Crippen LogP) is 3.19. The highest BCUT2D eigenvalue weighted by Gasteiger charge is 2.31. The van der Waals surface area contributed by atoms with E-state index < -0.39 is 0 Å². The fourth-order valence-corrected chi connectivity index (χ4v) is 3.08. The lowest BCUT2D eigenvalue weighted by atomic mass is 10.1. The smallest absolute Gasteiger partial charge is 0.219 e. The number of methoxy groups -OCH3 is 1. The second kappa shape index (κ2) is 6.53. The van der Waals surface area contributed by atoms with Gasteiger partial charge in [0.2, 0.25) is 5.91 Å². The molecule has 0 atom stereocenters. The van der Waals surface area contributed by atoms with Gasteiger partial charge in [-0.05, 0) is 30.9 Å². The predicted molar refractivity (Wildman–Crippen MR) is 87.7 cm³/mol. The van der Waals surface area contributed by atoms with Gasteiger partial charge >= 0.3 is 0 Å². The molecule has 22 heavy (non-hydrogen) atoms. The number of benzene rings is 1. The number of hydrogen-bond donors (Lipinski definition) is 0. The Morgan fingerprint density at radius 1 is 1.36 bits per heavy atom. The number of amides is 1. The number of aromatic nitrogens is 1. The fourth-order valence-electron chi connectivity index (χ4n) is 3.08. The molecule has 0 saturated heterocycles. The second-order valence-electron chi connectivity index (χ2n) is 6.09. The zero-order valence-corrected chi connectivity index (χ0v) is 13.4. The lowest BCUT2D eigenvalue weighted by Gasteiger charge is -2.20. The van der Waals surface area contributed by atoms with Gasteiger partial charge in [-0.15, -0.1) is 0 Å². The number of hydrogen-bond acceptors (Lipinski definition) is 2. The van der Waals surface area contributed by atoms with Gasteiger partial charge in [0.15, 0.2) is 0 Å². The zero-order chi connectivity index (χ0) is 15.5. The van der Waals surface area contributed by atoms with E-state index in [1.54, 1.807) is 14.0 Å². The highest BCUT2D eigenvalue weighted by Crippen LogP contribution is 2.30. The lowest BCUT2D eigenvalue weighted by molar-refractivity contribution is -0.130. The Kier molecular flexibility index (Phi) is 4.48. The minimum absolute atomic E-state index is 0.179. The Morgan fingerprint density at radius 3 is 2.82 bits per heavy atom. The number of carbonyl (C=O) groups is 1. The first-order chi connectivity index (χ1) is 10.7. The third-order valence-corrected chi connectivity index (χ3v) is 4.35. The van der Waals surface area contributed by atoms with Crippen LogP contribution in [0, 0.1) is 0 Å². The van der Waals surface area contributed by atoms with Gasteiger partial charge in [0.1, 0.15) is 0 Å². The van der Waals surface area contributed by atoms with E-state index in [1.165, 1.54) is 16.5 Å². The van der Waals surface area contributed by atoms with Crippen LogP contribution in [0.2, 0.25) is 0 Å². The Bertz CT molecular complexity index is 658. The third-order valence-electron chi connectivity index (χ3n) is 4.35. The number of aryl methyl sites for hydroxylation is 1. The average Bonchev–Trinajstić information content (AvgIpc) is 3.29. The van der Waals surface area contributed by atoms with Gasteiger partial charge in [-0.2, -0.15) is 0 Å². The molecule has 118 valence electrons. The van der Waals surface area contributed by atoms with Crippen molar-refractivity contribution in [3.8, 4) is 0 Å². The van der Waals surface area contributed by atoms with Crippen LogP contribution in [-0.4, -0.2) is 35.1 Å². The summed E-state index contributed by atoms with van der Waals surface area (Å²) in [5.74, 6) is 0.179. The number of ether oxygens (including phenoxy) is 1. The molecule has 3 rings (SSSR count). The molecule has 0 N–H and O–H groups in total. The normalized spacial score (nSPS) is 14.5. The van der Waals surface area contributed by atoms with E-state index in [-0.39, 0.29) is 5.91 Å². The van der Waals surface area contributed by atoms with Gasteiger partial charge in [-0.3, -0.25) is 4.79 Å². The lowest BCUT2D eigenvalue weighted by Crippen LogP contribution is -2.30. The van der Waals surface area contributed by atoms with Gasteiger partial charge in [-0.1, -0.05) is 18.2 Å². The van der Waals surface area contributed by atoms with Crippen LogP contribution in [0.4, 0.5) is 0 Å². The first kappa shape index (κ1) is 15.1. The molecule has 1 aromatic heterocycles. The van der Waals surface area contributed by atoms with E-state index in [1.807, 2.05) is 4.90 Å². The number of nitrogens with zero attached hydrogens (tertiary/aromatic N) is 2. The molecular weight excluding hydrogens is 276 g/mol. The Labute approximate surface area is 131 Å². The van der Waals surface area contributed by atoms with E-state index in [4.69, 9.17) is 4.74 Å². The summed E-state index contributed by atoms with van der Waals surface area (Å²) >= 11 is 0. The van der Waals surface area contributed by atoms with Crippen molar-refractivity contribution in [2.75, 3.05) is 13.7 Å². The van der Waals surface area contributed by atoms with Crippen molar-refractivity contribution in [2.45, 2.75) is 45.3 Å². The van der Waals surface area contributed by atoms with Gasteiger partial charge in [0.25, 0.3) is 0 Å². The number of para-hydroxylation sites is 1. The van der Waals surface area contributed by atoms with Crippen molar-refractivity contribution in [1.29, 1.82) is 0 Å². The highest BCUT2D eigenvalue weighted by atomic mass is 16.5. The molecule has 1 saturated carbocycles. The maximum absolute atomic E-state index is 11.9. The van der Waals surface area contributed by atoms with Crippen LogP contribution < -0.4 is 0 Å². The van der Waals surface area contributed by atoms with Crippen molar-refractivity contribution in [1.82, 2.24) is 9.47 Å². The number of carbonyl (C=O) groups excluding carboxylic acids is 1. The Balaban J connectivity index is 1.86. The SMILES string of the molecule is COCCCn1cc(CN(C(C)=O)C2CC2)c2ccccc21. The molecule has 0 unspecified atom stereocenters. The molecule has 1 heterocycles. The summed E-state index contributed by atoms with van der Waals surface area (Å²) in [5, 5.41) is 1.26. The second-order valence-corrected chi connectivity index (χ2v) is 6.09. The highest BCUT2D eigenvalue weighted by molar-refractivity contribution is 5.84. The average molecular weight is 300 g/mol. The van der Waals surface area contributed by atoms with Crippen LogP contribution in [-0.2, 0) is 22.6 Å². The molecule has 0 spiro atoms. The van der Waals surface area contributed by atoms with Crippen LogP contribution in [0.3, 0.4) is 0 Å². The summed E-state index contributed by atoms with van der Waals surface area (Å²) in [4.78, 5) is 13.9. The van der Waals surface area contributed by atoms with Crippen molar-refractivity contribution < 1.29 is 9.53 Å². The van der Waals surface area contributed by atoms with Crippen molar-refractivity contribution in [3.05, 3.63) is 36.0 Å². The molecule has 1 aliphatic rings. The van der Waals surface area contributed by atoms with Gasteiger partial charge in [0.05, 0.1) is 0 Å².